The molecule has 0 bridgehead atoms. The van der Waals surface area contributed by atoms with E-state index in [0.717, 1.165) is 17.2 Å². The molecule has 124 valence electrons. The summed E-state index contributed by atoms with van der Waals surface area (Å²) >= 11 is 0. The first-order chi connectivity index (χ1) is 11.5. The van der Waals surface area contributed by atoms with E-state index in [1.54, 1.807) is 31.0 Å². The van der Waals surface area contributed by atoms with E-state index in [-0.39, 0.29) is 17.0 Å². The molecule has 5 nitrogen and oxygen atoms in total. The number of sulfonamides is 1. The Morgan fingerprint density at radius 2 is 2.00 bits per heavy atom. The highest BCUT2D eigenvalue weighted by Gasteiger charge is 2.15. The third kappa shape index (κ3) is 3.52. The van der Waals surface area contributed by atoms with E-state index >= 15 is 0 Å². The Morgan fingerprint density at radius 3 is 2.71 bits per heavy atom. The van der Waals surface area contributed by atoms with Crippen molar-refractivity contribution in [2.75, 3.05) is 0 Å². The molecule has 0 atom stereocenters. The first-order valence-corrected chi connectivity index (χ1v) is 8.66. The lowest BCUT2D eigenvalue weighted by molar-refractivity contribution is 0.568. The van der Waals surface area contributed by atoms with Gasteiger partial charge in [0.15, 0.2) is 0 Å². The summed E-state index contributed by atoms with van der Waals surface area (Å²) in [7, 11) is -3.73. The van der Waals surface area contributed by atoms with Gasteiger partial charge < -0.3 is 4.42 Å². The number of aromatic nitrogens is 1. The van der Waals surface area contributed by atoms with Crippen molar-refractivity contribution in [3.05, 3.63) is 72.2 Å². The Morgan fingerprint density at radius 1 is 1.17 bits per heavy atom. The molecule has 0 saturated heterocycles. The van der Waals surface area contributed by atoms with Crippen molar-refractivity contribution in [2.45, 2.75) is 18.4 Å². The van der Waals surface area contributed by atoms with E-state index in [9.17, 15) is 12.8 Å². The smallest absolute Gasteiger partial charge is 0.240 e. The highest BCUT2D eigenvalue weighted by atomic mass is 32.2. The van der Waals surface area contributed by atoms with Crippen LogP contribution in [-0.4, -0.2) is 13.4 Å². The predicted molar refractivity (Wildman–Crippen MR) is 87.1 cm³/mol. The van der Waals surface area contributed by atoms with Crippen LogP contribution in [0.4, 0.5) is 4.39 Å². The topological polar surface area (TPSA) is 72.2 Å². The minimum absolute atomic E-state index is 0.0281. The molecule has 1 aromatic carbocycles. The molecule has 0 aliphatic carbocycles. The third-order valence-electron chi connectivity index (χ3n) is 3.56. The number of rotatable bonds is 5. The van der Waals surface area contributed by atoms with Gasteiger partial charge in [-0.05, 0) is 48.4 Å². The van der Waals surface area contributed by atoms with Crippen LogP contribution in [0.25, 0.3) is 11.1 Å². The summed E-state index contributed by atoms with van der Waals surface area (Å²) in [4.78, 5) is 4.14. The summed E-state index contributed by atoms with van der Waals surface area (Å²) in [6.07, 6.45) is 6.40. The van der Waals surface area contributed by atoms with Crippen LogP contribution in [0.3, 0.4) is 0 Å². The lowest BCUT2D eigenvalue weighted by Crippen LogP contribution is -2.23. The fourth-order valence-corrected chi connectivity index (χ4v) is 3.32. The molecule has 2 heterocycles. The first kappa shape index (κ1) is 16.4. The van der Waals surface area contributed by atoms with E-state index < -0.39 is 15.8 Å². The highest BCUT2D eigenvalue weighted by molar-refractivity contribution is 7.89. The van der Waals surface area contributed by atoms with E-state index in [2.05, 4.69) is 9.71 Å². The molecule has 2 aromatic heterocycles. The van der Waals surface area contributed by atoms with Crippen molar-refractivity contribution in [1.82, 2.24) is 9.71 Å². The van der Waals surface area contributed by atoms with Gasteiger partial charge in [-0.3, -0.25) is 4.98 Å². The Kier molecular flexibility index (Phi) is 4.46. The minimum Gasteiger partial charge on any atom is -0.472 e. The lowest BCUT2D eigenvalue weighted by atomic mass is 10.1. The molecule has 0 aliphatic rings. The van der Waals surface area contributed by atoms with Gasteiger partial charge in [-0.15, -0.1) is 0 Å². The van der Waals surface area contributed by atoms with Gasteiger partial charge in [0.25, 0.3) is 0 Å². The fraction of sp³-hybridized carbons (Fsp3) is 0.118. The maximum absolute atomic E-state index is 13.3. The second kappa shape index (κ2) is 6.54. The predicted octanol–water partition coefficient (Wildman–Crippen LogP) is 3.27. The minimum atomic E-state index is -3.73. The fourth-order valence-electron chi connectivity index (χ4n) is 2.22. The summed E-state index contributed by atoms with van der Waals surface area (Å²) in [6, 6.07) is 7.32. The molecule has 0 aliphatic heterocycles. The molecule has 0 amide bonds. The van der Waals surface area contributed by atoms with Crippen LogP contribution in [0.5, 0.6) is 0 Å². The van der Waals surface area contributed by atoms with Gasteiger partial charge in [-0.1, -0.05) is 0 Å². The van der Waals surface area contributed by atoms with Crippen molar-refractivity contribution in [3.8, 4) is 11.1 Å². The summed E-state index contributed by atoms with van der Waals surface area (Å²) in [5.74, 6) is -0.439. The maximum Gasteiger partial charge on any atom is 0.240 e. The van der Waals surface area contributed by atoms with Crippen molar-refractivity contribution < 1.29 is 17.2 Å². The molecular weight excluding hydrogens is 331 g/mol. The third-order valence-corrected chi connectivity index (χ3v) is 4.95. The standard InChI is InChI=1S/C17H15FN2O3S/c1-12-6-16(2-3-17(12)18)24(21,22)20-9-13-7-15(10-19-8-13)14-4-5-23-11-14/h2-8,10-11,20H,9H2,1H3. The Bertz CT molecular complexity index is 954. The SMILES string of the molecule is Cc1cc(S(=O)(=O)NCc2cncc(-c3ccoc3)c2)ccc1F. The van der Waals surface area contributed by atoms with Crippen LogP contribution in [0.1, 0.15) is 11.1 Å². The van der Waals surface area contributed by atoms with E-state index in [1.165, 1.54) is 19.1 Å². The molecule has 0 unspecified atom stereocenters. The number of benzene rings is 1. The zero-order valence-electron chi connectivity index (χ0n) is 12.9. The van der Waals surface area contributed by atoms with E-state index in [1.807, 2.05) is 6.07 Å². The zero-order valence-corrected chi connectivity index (χ0v) is 13.7. The quantitative estimate of drug-likeness (QED) is 0.770. The van der Waals surface area contributed by atoms with Crippen molar-refractivity contribution in [3.63, 3.8) is 0 Å². The lowest BCUT2D eigenvalue weighted by Gasteiger charge is -2.08. The number of nitrogens with zero attached hydrogens (tertiary/aromatic N) is 1. The van der Waals surface area contributed by atoms with E-state index in [0.29, 0.717) is 5.56 Å². The van der Waals surface area contributed by atoms with Gasteiger partial charge in [0.05, 0.1) is 17.4 Å². The van der Waals surface area contributed by atoms with Crippen LogP contribution in [0.15, 0.2) is 64.6 Å². The average Bonchev–Trinajstić information content (AvgIpc) is 3.10. The Hall–Kier alpha value is -2.51. The summed E-state index contributed by atoms with van der Waals surface area (Å²) in [5.41, 5.74) is 2.68. The second-order valence-electron chi connectivity index (χ2n) is 5.33. The number of aryl methyl sites for hydroxylation is 1. The Balaban J connectivity index is 1.77. The zero-order chi connectivity index (χ0) is 17.2. The number of hydrogen-bond donors (Lipinski definition) is 1. The van der Waals surface area contributed by atoms with Crippen molar-refractivity contribution in [2.24, 2.45) is 0 Å². The molecule has 0 spiro atoms. The number of nitrogens with one attached hydrogen (secondary N) is 1. The van der Waals surface area contributed by atoms with Crippen molar-refractivity contribution >= 4 is 10.0 Å². The monoisotopic (exact) mass is 346 g/mol. The molecule has 3 rings (SSSR count). The molecule has 0 saturated carbocycles. The summed E-state index contributed by atoms with van der Waals surface area (Å²) < 4.78 is 45.4. The van der Waals surface area contributed by atoms with Crippen molar-refractivity contribution in [1.29, 1.82) is 0 Å². The number of pyridine rings is 1. The van der Waals surface area contributed by atoms with Gasteiger partial charge in [-0.2, -0.15) is 0 Å². The van der Waals surface area contributed by atoms with Crippen LogP contribution in [-0.2, 0) is 16.6 Å². The normalized spacial score (nSPS) is 11.6. The number of hydrogen-bond acceptors (Lipinski definition) is 4. The maximum atomic E-state index is 13.3. The van der Waals surface area contributed by atoms with Crippen LogP contribution >= 0.6 is 0 Å². The highest BCUT2D eigenvalue weighted by Crippen LogP contribution is 2.20. The first-order valence-electron chi connectivity index (χ1n) is 7.18. The van der Waals surface area contributed by atoms with Gasteiger partial charge in [0.1, 0.15) is 5.82 Å². The van der Waals surface area contributed by atoms with Gasteiger partial charge in [-0.25, -0.2) is 17.5 Å². The van der Waals surface area contributed by atoms with Crippen LogP contribution in [0.2, 0.25) is 0 Å². The number of halogens is 1. The molecule has 0 fully saturated rings. The van der Waals surface area contributed by atoms with Gasteiger partial charge >= 0.3 is 0 Å². The Labute approximate surface area is 139 Å². The van der Waals surface area contributed by atoms with Gasteiger partial charge in [0, 0.05) is 30.1 Å². The molecular formula is C17H15FN2O3S. The molecule has 0 radical (unpaired) electrons. The average molecular weight is 346 g/mol. The largest absolute Gasteiger partial charge is 0.472 e. The second-order valence-corrected chi connectivity index (χ2v) is 7.10. The molecule has 3 aromatic rings. The van der Waals surface area contributed by atoms with E-state index in [4.69, 9.17) is 4.42 Å². The van der Waals surface area contributed by atoms with Crippen LogP contribution < -0.4 is 4.72 Å². The van der Waals surface area contributed by atoms with Gasteiger partial charge in [0.2, 0.25) is 10.0 Å². The molecule has 24 heavy (non-hydrogen) atoms. The summed E-state index contributed by atoms with van der Waals surface area (Å²) in [5, 5.41) is 0. The molecule has 7 heteroatoms. The number of furan rings is 1. The van der Waals surface area contributed by atoms with Crippen LogP contribution in [0, 0.1) is 12.7 Å². The molecule has 1 N–H and O–H groups in total. The summed E-state index contributed by atoms with van der Waals surface area (Å²) in [6.45, 7) is 1.60.